The number of ether oxygens (including phenoxy) is 2. The Labute approximate surface area is 109 Å². The second-order valence-electron chi connectivity index (χ2n) is 3.72. The summed E-state index contributed by atoms with van der Waals surface area (Å²) in [5, 5.41) is 2.50. The largest absolute Gasteiger partial charge is 0.497 e. The number of carbonyl (C=O) groups is 1. The van der Waals surface area contributed by atoms with Crippen molar-refractivity contribution >= 4 is 17.6 Å². The van der Waals surface area contributed by atoms with Crippen molar-refractivity contribution in [1.29, 1.82) is 0 Å². The minimum Gasteiger partial charge on any atom is -0.497 e. The summed E-state index contributed by atoms with van der Waals surface area (Å²) in [6.07, 6.45) is 0.741. The summed E-state index contributed by atoms with van der Waals surface area (Å²) >= 11 is 1.42. The van der Waals surface area contributed by atoms with Gasteiger partial charge in [-0.3, -0.25) is 4.79 Å². The van der Waals surface area contributed by atoms with E-state index in [-0.39, 0.29) is 0 Å². The molecular weight excluding hydrogens is 250 g/mol. The molecule has 1 heterocycles. The van der Waals surface area contributed by atoms with Gasteiger partial charge in [-0.25, -0.2) is 4.98 Å². The predicted molar refractivity (Wildman–Crippen MR) is 70.8 cm³/mol. The van der Waals surface area contributed by atoms with Crippen LogP contribution in [0.15, 0.2) is 17.5 Å². The molecule has 0 radical (unpaired) electrons. The highest BCUT2D eigenvalue weighted by molar-refractivity contribution is 7.13. The van der Waals surface area contributed by atoms with Crippen LogP contribution in [0, 0.1) is 6.92 Å². The van der Waals surface area contributed by atoms with Crippen LogP contribution in [-0.2, 0) is 0 Å². The Morgan fingerprint density at radius 2 is 2.06 bits per heavy atom. The second-order valence-corrected chi connectivity index (χ2v) is 4.58. The normalized spacial score (nSPS) is 10.2. The third-order valence-electron chi connectivity index (χ3n) is 2.59. The summed E-state index contributed by atoms with van der Waals surface area (Å²) in [7, 11) is 3.22. The molecule has 94 valence electrons. The zero-order valence-electron chi connectivity index (χ0n) is 10.4. The Bertz CT molecular complexity index is 578. The lowest BCUT2D eigenvalue weighted by Crippen LogP contribution is -1.93. The number of hydrogen-bond donors (Lipinski definition) is 0. The van der Waals surface area contributed by atoms with E-state index in [1.54, 1.807) is 19.6 Å². The average molecular weight is 263 g/mol. The van der Waals surface area contributed by atoms with Crippen molar-refractivity contribution in [3.8, 4) is 22.1 Å². The van der Waals surface area contributed by atoms with Crippen LogP contribution in [-0.4, -0.2) is 25.5 Å². The Hall–Kier alpha value is -1.88. The van der Waals surface area contributed by atoms with Crippen LogP contribution in [0.3, 0.4) is 0 Å². The third-order valence-corrected chi connectivity index (χ3v) is 3.46. The van der Waals surface area contributed by atoms with Crippen LogP contribution >= 0.6 is 11.3 Å². The van der Waals surface area contributed by atoms with Crippen LogP contribution < -0.4 is 9.47 Å². The van der Waals surface area contributed by atoms with E-state index in [9.17, 15) is 4.79 Å². The van der Waals surface area contributed by atoms with E-state index >= 15 is 0 Å². The molecular formula is C13H13NO3S. The van der Waals surface area contributed by atoms with Gasteiger partial charge in [0, 0.05) is 11.4 Å². The number of aldehydes is 1. The molecule has 0 atom stereocenters. The van der Waals surface area contributed by atoms with Crippen molar-refractivity contribution < 1.29 is 14.3 Å². The predicted octanol–water partition coefficient (Wildman–Crippen LogP) is 2.95. The van der Waals surface area contributed by atoms with E-state index in [1.807, 2.05) is 19.1 Å². The summed E-state index contributed by atoms with van der Waals surface area (Å²) in [5.74, 6) is 1.43. The number of nitrogens with zero attached hydrogens (tertiary/aromatic N) is 1. The molecule has 2 aromatic rings. The highest BCUT2D eigenvalue weighted by Gasteiger charge is 2.15. The number of hydrogen-bond acceptors (Lipinski definition) is 5. The summed E-state index contributed by atoms with van der Waals surface area (Å²) in [6.45, 7) is 1.96. The van der Waals surface area contributed by atoms with E-state index < -0.39 is 0 Å². The number of carbonyl (C=O) groups excluding carboxylic acids is 1. The monoisotopic (exact) mass is 263 g/mol. The Balaban J connectivity index is 2.58. The van der Waals surface area contributed by atoms with Gasteiger partial charge in [-0.05, 0) is 18.6 Å². The first-order valence-corrected chi connectivity index (χ1v) is 6.21. The van der Waals surface area contributed by atoms with Crippen molar-refractivity contribution in [2.45, 2.75) is 6.92 Å². The van der Waals surface area contributed by atoms with Crippen LogP contribution in [0.5, 0.6) is 11.5 Å². The highest BCUT2D eigenvalue weighted by Crippen LogP contribution is 2.37. The molecule has 18 heavy (non-hydrogen) atoms. The van der Waals surface area contributed by atoms with Crippen LogP contribution in [0.25, 0.3) is 10.6 Å². The van der Waals surface area contributed by atoms with Gasteiger partial charge in [0.1, 0.15) is 22.2 Å². The van der Waals surface area contributed by atoms with E-state index in [1.165, 1.54) is 11.3 Å². The van der Waals surface area contributed by atoms with E-state index in [0.717, 1.165) is 28.2 Å². The molecule has 0 aliphatic rings. The first kappa shape index (κ1) is 12.6. The van der Waals surface area contributed by atoms with Crippen molar-refractivity contribution in [2.24, 2.45) is 0 Å². The smallest absolute Gasteiger partial charge is 0.169 e. The summed E-state index contributed by atoms with van der Waals surface area (Å²) < 4.78 is 10.6. The van der Waals surface area contributed by atoms with E-state index in [4.69, 9.17) is 9.47 Å². The lowest BCUT2D eigenvalue weighted by Gasteiger charge is -2.11. The molecule has 1 aromatic carbocycles. The Morgan fingerprint density at radius 3 is 2.61 bits per heavy atom. The lowest BCUT2D eigenvalue weighted by atomic mass is 10.1. The first-order chi connectivity index (χ1) is 8.69. The van der Waals surface area contributed by atoms with Gasteiger partial charge in [0.15, 0.2) is 6.29 Å². The molecule has 0 aliphatic heterocycles. The van der Waals surface area contributed by atoms with Gasteiger partial charge >= 0.3 is 0 Å². The topological polar surface area (TPSA) is 48.4 Å². The number of methoxy groups -OCH3 is 2. The van der Waals surface area contributed by atoms with Crippen molar-refractivity contribution in [1.82, 2.24) is 4.98 Å². The zero-order chi connectivity index (χ0) is 13.1. The number of aryl methyl sites for hydroxylation is 1. The van der Waals surface area contributed by atoms with Gasteiger partial charge in [0.2, 0.25) is 0 Å². The fourth-order valence-corrected chi connectivity index (χ4v) is 2.61. The molecule has 0 N–H and O–H groups in total. The van der Waals surface area contributed by atoms with Gasteiger partial charge in [0.25, 0.3) is 0 Å². The van der Waals surface area contributed by atoms with E-state index in [0.29, 0.717) is 11.4 Å². The van der Waals surface area contributed by atoms with E-state index in [2.05, 4.69) is 4.98 Å². The number of aromatic nitrogens is 1. The number of benzene rings is 1. The third kappa shape index (κ3) is 2.22. The maximum absolute atomic E-state index is 10.7. The molecule has 0 fully saturated rings. The van der Waals surface area contributed by atoms with Gasteiger partial charge < -0.3 is 9.47 Å². The van der Waals surface area contributed by atoms with Crippen LogP contribution in [0.4, 0.5) is 0 Å². The fourth-order valence-electron chi connectivity index (χ4n) is 1.73. The molecule has 0 bridgehead atoms. The number of rotatable bonds is 4. The lowest BCUT2D eigenvalue weighted by molar-refractivity contribution is 0.111. The second kappa shape index (κ2) is 5.18. The van der Waals surface area contributed by atoms with Gasteiger partial charge in [-0.1, -0.05) is 0 Å². The van der Waals surface area contributed by atoms with Crippen molar-refractivity contribution in [3.63, 3.8) is 0 Å². The van der Waals surface area contributed by atoms with Crippen LogP contribution in [0.2, 0.25) is 0 Å². The Kier molecular flexibility index (Phi) is 3.62. The van der Waals surface area contributed by atoms with Crippen LogP contribution in [0.1, 0.15) is 16.1 Å². The standard InChI is InChI=1S/C13H13NO3S/c1-8-4-10(16-2)5-11(17-3)12(8)13-14-9(6-15)7-18-13/h4-7H,1-3H3. The minimum atomic E-state index is 0.437. The molecule has 0 aliphatic carbocycles. The minimum absolute atomic E-state index is 0.437. The maximum atomic E-state index is 10.7. The summed E-state index contributed by atoms with van der Waals surface area (Å²) in [4.78, 5) is 14.9. The molecule has 0 saturated carbocycles. The Morgan fingerprint density at radius 1 is 1.28 bits per heavy atom. The molecule has 1 aromatic heterocycles. The molecule has 4 nitrogen and oxygen atoms in total. The highest BCUT2D eigenvalue weighted by atomic mass is 32.1. The molecule has 0 unspecified atom stereocenters. The molecule has 0 amide bonds. The average Bonchev–Trinajstić information content (AvgIpc) is 2.85. The van der Waals surface area contributed by atoms with Gasteiger partial charge in [-0.2, -0.15) is 0 Å². The quantitative estimate of drug-likeness (QED) is 0.796. The maximum Gasteiger partial charge on any atom is 0.169 e. The zero-order valence-corrected chi connectivity index (χ0v) is 11.2. The fraction of sp³-hybridized carbons (Fsp3) is 0.231. The molecule has 2 rings (SSSR count). The van der Waals surface area contributed by atoms with Gasteiger partial charge in [0.05, 0.1) is 19.8 Å². The van der Waals surface area contributed by atoms with Crippen molar-refractivity contribution in [3.05, 3.63) is 28.8 Å². The molecule has 5 heteroatoms. The SMILES string of the molecule is COc1cc(C)c(-c2nc(C=O)cs2)c(OC)c1. The van der Waals surface area contributed by atoms with Crippen molar-refractivity contribution in [2.75, 3.05) is 14.2 Å². The summed E-state index contributed by atoms with van der Waals surface area (Å²) in [5.41, 5.74) is 2.33. The molecule has 0 saturated heterocycles. The summed E-state index contributed by atoms with van der Waals surface area (Å²) in [6, 6.07) is 3.73. The molecule has 0 spiro atoms. The van der Waals surface area contributed by atoms with Gasteiger partial charge in [-0.15, -0.1) is 11.3 Å². The number of thiazole rings is 1. The first-order valence-electron chi connectivity index (χ1n) is 5.33.